The molecule has 3 N–H and O–H groups in total. The zero-order valence-electron chi connectivity index (χ0n) is 34.9. The predicted octanol–water partition coefficient (Wildman–Crippen LogP) is 4.41. The number of aromatic nitrogens is 2. The minimum Gasteiger partial charge on any atom is -0.459 e. The molecule has 0 radical (unpaired) electrons. The van der Waals surface area contributed by atoms with Crippen molar-refractivity contribution >= 4 is 38.6 Å². The molecule has 5 atom stereocenters. The predicted molar refractivity (Wildman–Crippen MR) is 217 cm³/mol. The van der Waals surface area contributed by atoms with Crippen LogP contribution in [0.1, 0.15) is 72.7 Å². The molecule has 0 aliphatic carbocycles. The van der Waals surface area contributed by atoms with Crippen molar-refractivity contribution in [2.45, 2.75) is 142 Å². The second-order valence-corrected chi connectivity index (χ2v) is 29.1. The first-order valence-corrected chi connectivity index (χ1v) is 26.1. The topological polar surface area (TPSA) is 196 Å². The number of rotatable bonds is 13. The molecule has 1 amide bonds. The Balaban J connectivity index is 1.78. The molecule has 1 fully saturated rings. The fraction of sp³-hybridized carbons (Fsp3) is 0.632. The van der Waals surface area contributed by atoms with E-state index in [1.807, 2.05) is 65.2 Å². The van der Waals surface area contributed by atoms with Gasteiger partial charge < -0.3 is 29.4 Å². The lowest BCUT2D eigenvalue weighted by Gasteiger charge is -2.43. The zero-order chi connectivity index (χ0) is 42.4. The van der Waals surface area contributed by atoms with Crippen molar-refractivity contribution in [3.8, 4) is 0 Å². The Labute approximate surface area is 332 Å². The number of ether oxygens (including phenoxy) is 2. The van der Waals surface area contributed by atoms with E-state index in [1.54, 1.807) is 26.0 Å². The van der Waals surface area contributed by atoms with E-state index < -0.39 is 97.5 Å². The molecule has 4 rings (SSSR count). The molecule has 312 valence electrons. The van der Waals surface area contributed by atoms with Crippen molar-refractivity contribution in [3.05, 3.63) is 79.6 Å². The molecule has 1 spiro atoms. The molecule has 2 aliphatic heterocycles. The minimum absolute atomic E-state index is 0.00551. The first-order chi connectivity index (χ1) is 25.5. The van der Waals surface area contributed by atoms with Gasteiger partial charge in [-0.3, -0.25) is 18.7 Å². The molecule has 1 aromatic carbocycles. The lowest BCUT2D eigenvalue weighted by atomic mass is 9.89. The molecule has 2 aromatic rings. The van der Waals surface area contributed by atoms with Gasteiger partial charge in [0.05, 0.1) is 17.7 Å². The molecule has 2 unspecified atom stereocenters. The summed E-state index contributed by atoms with van der Waals surface area (Å²) in [5, 5.41) is 2.83. The Morgan fingerprint density at radius 1 is 1.00 bits per heavy atom. The number of carbonyl (C=O) groups is 2. The molecule has 1 aromatic heterocycles. The van der Waals surface area contributed by atoms with Gasteiger partial charge in [0.1, 0.15) is 31.4 Å². The highest BCUT2D eigenvalue weighted by Crippen LogP contribution is 2.52. The highest BCUT2D eigenvalue weighted by atomic mass is 32.2. The van der Waals surface area contributed by atoms with Crippen molar-refractivity contribution in [1.29, 1.82) is 0 Å². The first kappa shape index (κ1) is 45.3. The van der Waals surface area contributed by atoms with Crippen LogP contribution in [-0.2, 0) is 55.4 Å². The maximum atomic E-state index is 14.5. The third-order valence-electron chi connectivity index (χ3n) is 11.5. The van der Waals surface area contributed by atoms with E-state index in [4.69, 9.17) is 28.2 Å². The second kappa shape index (κ2) is 16.1. The number of nitrogens with zero attached hydrogens (tertiary/aromatic N) is 2. The summed E-state index contributed by atoms with van der Waals surface area (Å²) in [5.41, 5.74) is 3.62. The monoisotopic (exact) mass is 836 g/mol. The van der Waals surface area contributed by atoms with Crippen LogP contribution in [0.5, 0.6) is 0 Å². The summed E-state index contributed by atoms with van der Waals surface area (Å²) in [6, 6.07) is 7.99. The molecule has 2 aliphatic rings. The molecule has 0 saturated carbocycles. The van der Waals surface area contributed by atoms with Crippen LogP contribution in [-0.4, -0.2) is 76.5 Å². The Bertz CT molecular complexity index is 2050. The highest BCUT2D eigenvalue weighted by Gasteiger charge is 2.67. The summed E-state index contributed by atoms with van der Waals surface area (Å²) < 4.78 is 59.7. The van der Waals surface area contributed by atoms with E-state index in [0.717, 1.165) is 20.1 Å². The van der Waals surface area contributed by atoms with E-state index in [9.17, 15) is 27.6 Å². The van der Waals surface area contributed by atoms with Gasteiger partial charge in [-0.2, -0.15) is 8.42 Å². The lowest BCUT2D eigenvalue weighted by Crippen LogP contribution is -2.59. The SMILES string of the molecule is Cc1cn([C@@H]2OC(CO[Si](C)(C)C(C)(C)C)C3(OS(=O)(=O)C=C3N)[C@H]2O[Si](C)(C)C(C)(C)C)c(=O)n(CC(=O)N[C@H](C(=O)OCc2ccccc2)C(C)C)c1=O. The summed E-state index contributed by atoms with van der Waals surface area (Å²) in [6.45, 7) is 24.2. The van der Waals surface area contributed by atoms with Gasteiger partial charge in [0.2, 0.25) is 5.91 Å². The number of nitrogens with one attached hydrogen (secondary N) is 1. The van der Waals surface area contributed by atoms with E-state index in [1.165, 1.54) is 13.1 Å². The van der Waals surface area contributed by atoms with Crippen LogP contribution in [0.25, 0.3) is 0 Å². The fourth-order valence-corrected chi connectivity index (χ4v) is 9.48. The van der Waals surface area contributed by atoms with Crippen LogP contribution in [0.3, 0.4) is 0 Å². The Kier molecular flexibility index (Phi) is 13.0. The smallest absolute Gasteiger partial charge is 0.333 e. The third-order valence-corrected chi connectivity index (χ3v) is 21.5. The third kappa shape index (κ3) is 9.32. The summed E-state index contributed by atoms with van der Waals surface area (Å²) in [7, 11) is -9.66. The number of esters is 1. The van der Waals surface area contributed by atoms with E-state index in [2.05, 4.69) is 26.1 Å². The Morgan fingerprint density at radius 3 is 2.11 bits per heavy atom. The standard InChI is InChI=1S/C38H60N4O11SSi2/c1-24(2)30(34(45)49-21-26-17-15-14-16-18-26)40-29(43)20-41-32(44)25(3)19-42(35(41)46)33-31(52-56(12,13)37(7,8)9)38(27(39)23-54(47,48)53-38)28(51-33)22-50-55(10,11)36(4,5)6/h14-19,23-24,28,30-31,33H,20-22,39H2,1-13H3,(H,40,43)/t28?,30-,31-,33+,38?/m0/s1. The summed E-state index contributed by atoms with van der Waals surface area (Å²) in [5.74, 6) is -1.85. The van der Waals surface area contributed by atoms with E-state index in [-0.39, 0.29) is 29.5 Å². The van der Waals surface area contributed by atoms with Gasteiger partial charge in [-0.1, -0.05) is 85.7 Å². The normalized spacial score (nSPS) is 23.3. The van der Waals surface area contributed by atoms with Gasteiger partial charge in [0.25, 0.3) is 15.7 Å². The number of benzene rings is 1. The van der Waals surface area contributed by atoms with Crippen LogP contribution in [0.15, 0.2) is 57.2 Å². The second-order valence-electron chi connectivity index (χ2n) is 18.1. The number of hydrogen-bond donors (Lipinski definition) is 2. The maximum Gasteiger partial charge on any atom is 0.333 e. The minimum atomic E-state index is -4.34. The quantitative estimate of drug-likeness (QED) is 0.164. The van der Waals surface area contributed by atoms with Gasteiger partial charge in [0, 0.05) is 11.8 Å². The largest absolute Gasteiger partial charge is 0.459 e. The van der Waals surface area contributed by atoms with Crippen molar-refractivity contribution in [2.75, 3.05) is 6.61 Å². The van der Waals surface area contributed by atoms with E-state index >= 15 is 0 Å². The van der Waals surface area contributed by atoms with Gasteiger partial charge >= 0.3 is 11.7 Å². The van der Waals surface area contributed by atoms with Crippen LogP contribution in [0, 0.1) is 12.8 Å². The van der Waals surface area contributed by atoms with E-state index in [0.29, 0.717) is 0 Å². The fourth-order valence-electron chi connectivity index (χ4n) is 5.97. The molecule has 15 nitrogen and oxygen atoms in total. The molecule has 0 bridgehead atoms. The van der Waals surface area contributed by atoms with Crippen molar-refractivity contribution < 1.29 is 40.5 Å². The lowest BCUT2D eigenvalue weighted by molar-refractivity contribution is -0.150. The Hall–Kier alpha value is -3.40. The summed E-state index contributed by atoms with van der Waals surface area (Å²) in [6.07, 6.45) is -2.62. The van der Waals surface area contributed by atoms with Crippen LogP contribution in [0.4, 0.5) is 0 Å². The number of amides is 1. The molecule has 18 heteroatoms. The highest BCUT2D eigenvalue weighted by molar-refractivity contribution is 7.90. The molecule has 56 heavy (non-hydrogen) atoms. The maximum absolute atomic E-state index is 14.5. The number of aryl methyl sites for hydroxylation is 1. The van der Waals surface area contributed by atoms with Gasteiger partial charge in [-0.15, -0.1) is 0 Å². The number of nitrogens with two attached hydrogens (primary N) is 1. The average molecular weight is 837 g/mol. The van der Waals surface area contributed by atoms with Crippen LogP contribution in [0.2, 0.25) is 36.3 Å². The van der Waals surface area contributed by atoms with Crippen molar-refractivity contribution in [2.24, 2.45) is 11.7 Å². The molecular weight excluding hydrogens is 777 g/mol. The summed E-state index contributed by atoms with van der Waals surface area (Å²) in [4.78, 5) is 54.7. The zero-order valence-corrected chi connectivity index (χ0v) is 37.7. The van der Waals surface area contributed by atoms with Gasteiger partial charge in [-0.05, 0) is 54.7 Å². The van der Waals surface area contributed by atoms with Crippen molar-refractivity contribution in [1.82, 2.24) is 14.5 Å². The van der Waals surface area contributed by atoms with Crippen LogP contribution >= 0.6 is 0 Å². The van der Waals surface area contributed by atoms with Crippen molar-refractivity contribution in [3.63, 3.8) is 0 Å². The average Bonchev–Trinajstić information content (AvgIpc) is 3.50. The van der Waals surface area contributed by atoms with Gasteiger partial charge in [0.15, 0.2) is 28.5 Å². The number of hydrogen-bond acceptors (Lipinski definition) is 12. The number of carbonyl (C=O) groups excluding carboxylic acids is 2. The molecule has 3 heterocycles. The molecule has 1 saturated heterocycles. The molecular formula is C38H60N4O11SSi2. The van der Waals surface area contributed by atoms with Gasteiger partial charge in [-0.25, -0.2) is 13.8 Å². The van der Waals surface area contributed by atoms with Crippen LogP contribution < -0.4 is 22.3 Å². The first-order valence-electron chi connectivity index (χ1n) is 18.8. The Morgan fingerprint density at radius 2 is 1.59 bits per heavy atom. The summed E-state index contributed by atoms with van der Waals surface area (Å²) >= 11 is 0.